The van der Waals surface area contributed by atoms with Crippen molar-refractivity contribution in [2.24, 2.45) is 7.05 Å². The molecule has 2 aromatic heterocycles. The molecule has 0 aromatic carbocycles. The summed E-state index contributed by atoms with van der Waals surface area (Å²) in [5, 5.41) is 4.03. The largest absolute Gasteiger partial charge is 0.326 e. The minimum Gasteiger partial charge on any atom is -0.326 e. The van der Waals surface area contributed by atoms with Crippen molar-refractivity contribution in [3.63, 3.8) is 0 Å². The Bertz CT molecular complexity index is 684. The minimum absolute atomic E-state index is 0.152. The molecule has 0 fully saturated rings. The van der Waals surface area contributed by atoms with E-state index in [9.17, 15) is 9.59 Å². The van der Waals surface area contributed by atoms with Crippen molar-refractivity contribution in [2.75, 3.05) is 11.9 Å². The van der Waals surface area contributed by atoms with Gasteiger partial charge < -0.3 is 9.88 Å². The number of aryl methyl sites for hydroxylation is 1. The maximum Gasteiger partial charge on any atom is 0.258 e. The normalized spacial score (nSPS) is 10.8. The number of hydrogen-bond donors (Lipinski definition) is 1. The second-order valence-corrected chi connectivity index (χ2v) is 5.08. The Morgan fingerprint density at radius 1 is 1.40 bits per heavy atom. The fraction of sp³-hybridized carbons (Fsp3) is 0.357. The van der Waals surface area contributed by atoms with E-state index in [2.05, 4.69) is 10.1 Å². The molecule has 20 heavy (non-hydrogen) atoms. The van der Waals surface area contributed by atoms with Gasteiger partial charge in [0.05, 0.1) is 11.9 Å². The summed E-state index contributed by atoms with van der Waals surface area (Å²) >= 11 is 0. The Hall–Kier alpha value is -2.37. The molecule has 0 saturated heterocycles. The Balaban J connectivity index is 2.36. The van der Waals surface area contributed by atoms with Crippen LogP contribution in [0.3, 0.4) is 0 Å². The monoisotopic (exact) mass is 274 g/mol. The molecule has 0 saturated carbocycles. The van der Waals surface area contributed by atoms with Crippen molar-refractivity contribution in [2.45, 2.75) is 19.8 Å². The molecule has 0 bridgehead atoms. The Labute approximate surface area is 117 Å². The van der Waals surface area contributed by atoms with Gasteiger partial charge in [0.1, 0.15) is 0 Å². The van der Waals surface area contributed by atoms with Crippen molar-refractivity contribution in [3.05, 3.63) is 46.1 Å². The van der Waals surface area contributed by atoms with Crippen LogP contribution in [0.15, 0.2) is 29.3 Å². The first kappa shape index (κ1) is 14.0. The summed E-state index contributed by atoms with van der Waals surface area (Å²) in [6, 6.07) is 3.04. The second-order valence-electron chi connectivity index (χ2n) is 5.08. The molecule has 2 rings (SSSR count). The van der Waals surface area contributed by atoms with Crippen LogP contribution in [0.2, 0.25) is 0 Å². The summed E-state index contributed by atoms with van der Waals surface area (Å²) in [4.78, 5) is 28.3. The number of carbonyl (C=O) groups is 1. The molecule has 1 N–H and O–H groups in total. The molecule has 2 aromatic rings. The van der Waals surface area contributed by atoms with Gasteiger partial charge in [-0.1, -0.05) is 13.8 Å². The lowest BCUT2D eigenvalue weighted by Crippen LogP contribution is -2.27. The van der Waals surface area contributed by atoms with Crippen molar-refractivity contribution in [1.29, 1.82) is 0 Å². The highest BCUT2D eigenvalue weighted by atomic mass is 16.2. The van der Waals surface area contributed by atoms with E-state index in [0.717, 1.165) is 5.69 Å². The molecule has 1 amide bonds. The van der Waals surface area contributed by atoms with Gasteiger partial charge in [0.15, 0.2) is 0 Å². The lowest BCUT2D eigenvalue weighted by atomic mass is 10.1. The zero-order valence-corrected chi connectivity index (χ0v) is 12.0. The number of amides is 1. The van der Waals surface area contributed by atoms with Gasteiger partial charge in [0.25, 0.3) is 5.91 Å². The maximum atomic E-state index is 12.4. The average Bonchev–Trinajstić information content (AvgIpc) is 2.83. The third-order valence-electron chi connectivity index (χ3n) is 3.12. The molecule has 6 nitrogen and oxygen atoms in total. The van der Waals surface area contributed by atoms with Gasteiger partial charge in [-0.15, -0.1) is 0 Å². The average molecular weight is 274 g/mol. The third kappa shape index (κ3) is 2.79. The number of hydrogen-bond acceptors (Lipinski definition) is 3. The topological polar surface area (TPSA) is 71.0 Å². The molecule has 0 spiro atoms. The van der Waals surface area contributed by atoms with Gasteiger partial charge in [0, 0.05) is 37.6 Å². The van der Waals surface area contributed by atoms with Crippen molar-refractivity contribution in [1.82, 2.24) is 14.8 Å². The Morgan fingerprint density at radius 2 is 2.10 bits per heavy atom. The van der Waals surface area contributed by atoms with Crippen LogP contribution in [0.1, 0.15) is 35.8 Å². The summed E-state index contributed by atoms with van der Waals surface area (Å²) in [6.07, 6.45) is 3.35. The molecule has 0 aliphatic rings. The highest BCUT2D eigenvalue weighted by molar-refractivity contribution is 6.05. The fourth-order valence-corrected chi connectivity index (χ4v) is 1.89. The molecule has 0 atom stereocenters. The first-order valence-electron chi connectivity index (χ1n) is 6.39. The van der Waals surface area contributed by atoms with Gasteiger partial charge in [-0.2, -0.15) is 5.10 Å². The van der Waals surface area contributed by atoms with E-state index in [1.807, 2.05) is 13.8 Å². The third-order valence-corrected chi connectivity index (χ3v) is 3.12. The number of nitrogens with one attached hydrogen (secondary N) is 1. The molecular weight excluding hydrogens is 256 g/mol. The first-order chi connectivity index (χ1) is 9.38. The summed E-state index contributed by atoms with van der Waals surface area (Å²) in [5.41, 5.74) is 1.55. The predicted molar refractivity (Wildman–Crippen MR) is 77.1 cm³/mol. The fourth-order valence-electron chi connectivity index (χ4n) is 1.89. The Morgan fingerprint density at radius 3 is 2.65 bits per heavy atom. The number of H-pyrrole nitrogens is 1. The van der Waals surface area contributed by atoms with Gasteiger partial charge in [0.2, 0.25) is 5.56 Å². The quantitative estimate of drug-likeness (QED) is 0.922. The van der Waals surface area contributed by atoms with Crippen molar-refractivity contribution < 1.29 is 4.79 Å². The molecule has 0 aliphatic carbocycles. The molecule has 106 valence electrons. The van der Waals surface area contributed by atoms with E-state index in [-0.39, 0.29) is 17.4 Å². The number of aromatic nitrogens is 3. The van der Waals surface area contributed by atoms with Crippen LogP contribution < -0.4 is 10.5 Å². The van der Waals surface area contributed by atoms with Crippen LogP contribution in [0.25, 0.3) is 0 Å². The Kier molecular flexibility index (Phi) is 3.74. The molecule has 0 aliphatic heterocycles. The van der Waals surface area contributed by atoms with E-state index in [0.29, 0.717) is 11.3 Å². The summed E-state index contributed by atoms with van der Waals surface area (Å²) in [7, 11) is 3.45. The first-order valence-corrected chi connectivity index (χ1v) is 6.39. The van der Waals surface area contributed by atoms with Crippen LogP contribution >= 0.6 is 0 Å². The molecule has 2 heterocycles. The number of rotatable bonds is 3. The number of aromatic amines is 1. The SMILES string of the molecule is CC(C)c1cc(C(=O)N(C)c2cnn(C)c2)cc(=O)[nH]1. The van der Waals surface area contributed by atoms with Crippen molar-refractivity contribution >= 4 is 11.6 Å². The lowest BCUT2D eigenvalue weighted by molar-refractivity contribution is 0.0992. The highest BCUT2D eigenvalue weighted by Gasteiger charge is 2.16. The molecular formula is C14H18N4O2. The molecule has 0 radical (unpaired) electrons. The summed E-state index contributed by atoms with van der Waals surface area (Å²) < 4.78 is 1.62. The zero-order chi connectivity index (χ0) is 14.9. The van der Waals surface area contributed by atoms with E-state index in [1.165, 1.54) is 11.0 Å². The lowest BCUT2D eigenvalue weighted by Gasteiger charge is -2.15. The van der Waals surface area contributed by atoms with Crippen LogP contribution in [-0.2, 0) is 7.05 Å². The van der Waals surface area contributed by atoms with Gasteiger partial charge >= 0.3 is 0 Å². The standard InChI is InChI=1S/C14H18N4O2/c1-9(2)12-5-10(6-13(19)16-12)14(20)18(4)11-7-15-17(3)8-11/h5-9H,1-4H3,(H,16,19). The van der Waals surface area contributed by atoms with Crippen LogP contribution in [0, 0.1) is 0 Å². The van der Waals surface area contributed by atoms with E-state index in [4.69, 9.17) is 0 Å². The van der Waals surface area contributed by atoms with E-state index >= 15 is 0 Å². The number of nitrogens with zero attached hydrogens (tertiary/aromatic N) is 3. The maximum absolute atomic E-state index is 12.4. The number of carbonyl (C=O) groups excluding carboxylic acids is 1. The van der Waals surface area contributed by atoms with Crippen molar-refractivity contribution in [3.8, 4) is 0 Å². The predicted octanol–water partition coefficient (Wildman–Crippen LogP) is 1.51. The van der Waals surface area contributed by atoms with E-state index in [1.54, 1.807) is 37.2 Å². The van der Waals surface area contributed by atoms with Crippen LogP contribution in [0.4, 0.5) is 5.69 Å². The van der Waals surface area contributed by atoms with Crippen LogP contribution in [0.5, 0.6) is 0 Å². The number of pyridine rings is 1. The molecule has 6 heteroatoms. The summed E-state index contributed by atoms with van der Waals surface area (Å²) in [5.74, 6) is -0.0786. The molecule has 0 unspecified atom stereocenters. The summed E-state index contributed by atoms with van der Waals surface area (Å²) in [6.45, 7) is 3.93. The minimum atomic E-state index is -0.265. The zero-order valence-electron chi connectivity index (χ0n) is 12.0. The highest BCUT2D eigenvalue weighted by Crippen LogP contribution is 2.16. The van der Waals surface area contributed by atoms with Gasteiger partial charge in [-0.3, -0.25) is 14.3 Å². The smallest absolute Gasteiger partial charge is 0.258 e. The second kappa shape index (κ2) is 5.32. The number of anilines is 1. The van der Waals surface area contributed by atoms with E-state index < -0.39 is 0 Å². The van der Waals surface area contributed by atoms with Gasteiger partial charge in [-0.05, 0) is 12.0 Å². The van der Waals surface area contributed by atoms with Gasteiger partial charge in [-0.25, -0.2) is 0 Å². The van der Waals surface area contributed by atoms with Crippen LogP contribution in [-0.4, -0.2) is 27.7 Å².